The minimum atomic E-state index is -3.47. The first-order valence-electron chi connectivity index (χ1n) is 6.50. The maximum Gasteiger partial charge on any atom is 0.247 e. The molecule has 0 aromatic carbocycles. The third kappa shape index (κ3) is 2.58. The van der Waals surface area contributed by atoms with Crippen molar-refractivity contribution in [2.24, 2.45) is 0 Å². The topological polar surface area (TPSA) is 73.5 Å². The molecule has 0 atom stereocenters. The third-order valence-corrected chi connectivity index (χ3v) is 5.62. The predicted octanol–water partition coefficient (Wildman–Crippen LogP) is -0.156. The molecule has 0 radical (unpaired) electrons. The van der Waals surface area contributed by atoms with E-state index in [1.165, 1.54) is 35.5 Å². The van der Waals surface area contributed by atoms with E-state index in [9.17, 15) is 13.2 Å². The molecule has 6 nitrogen and oxygen atoms in total. The van der Waals surface area contributed by atoms with E-state index in [1.54, 1.807) is 0 Å². The number of nitrogens with zero attached hydrogens (tertiary/aromatic N) is 2. The number of aromatic nitrogens is 1. The monoisotopic (exact) mass is 283 g/mol. The van der Waals surface area contributed by atoms with Gasteiger partial charge in [-0.3, -0.25) is 9.69 Å². The Kier molecular flexibility index (Phi) is 3.20. The van der Waals surface area contributed by atoms with E-state index in [4.69, 9.17) is 0 Å². The lowest BCUT2D eigenvalue weighted by Gasteiger charge is -2.33. The molecule has 104 valence electrons. The Morgan fingerprint density at radius 3 is 2.32 bits per heavy atom. The molecule has 2 aliphatic rings. The highest BCUT2D eigenvalue weighted by Gasteiger charge is 2.34. The van der Waals surface area contributed by atoms with Crippen LogP contribution in [0.1, 0.15) is 12.8 Å². The number of sulfonamides is 1. The van der Waals surface area contributed by atoms with Gasteiger partial charge in [-0.15, -0.1) is 0 Å². The summed E-state index contributed by atoms with van der Waals surface area (Å²) >= 11 is 0. The summed E-state index contributed by atoms with van der Waals surface area (Å²) in [6.07, 6.45) is 3.75. The average molecular weight is 283 g/mol. The molecule has 1 N–H and O–H groups in total. The van der Waals surface area contributed by atoms with Crippen molar-refractivity contribution in [2.45, 2.75) is 23.8 Å². The SMILES string of the molecule is O=c1ccc(S(=O)(=O)N2CCN(C3CC3)CC2)c[nH]1. The molecule has 0 amide bonds. The quantitative estimate of drug-likeness (QED) is 0.837. The molecule has 2 heterocycles. The summed E-state index contributed by atoms with van der Waals surface area (Å²) in [5.41, 5.74) is -0.294. The van der Waals surface area contributed by atoms with Crippen LogP contribution in [-0.2, 0) is 10.0 Å². The first-order valence-corrected chi connectivity index (χ1v) is 7.94. The van der Waals surface area contributed by atoms with Gasteiger partial charge in [0.05, 0.1) is 4.90 Å². The maximum absolute atomic E-state index is 12.4. The Hall–Kier alpha value is -1.18. The fraction of sp³-hybridized carbons (Fsp3) is 0.583. The standard InChI is InChI=1S/C12H17N3O3S/c16-12-4-3-11(9-13-12)19(17,18)15-7-5-14(6-8-15)10-1-2-10/h3-4,9-10H,1-2,5-8H2,(H,13,16). The van der Waals surface area contributed by atoms with Crippen LogP contribution in [-0.4, -0.2) is 54.8 Å². The van der Waals surface area contributed by atoms with Crippen LogP contribution in [0, 0.1) is 0 Å². The average Bonchev–Trinajstić information content (AvgIpc) is 3.24. The van der Waals surface area contributed by atoms with Crippen molar-refractivity contribution in [3.63, 3.8) is 0 Å². The van der Waals surface area contributed by atoms with Gasteiger partial charge in [-0.05, 0) is 18.9 Å². The van der Waals surface area contributed by atoms with Crippen LogP contribution in [0.3, 0.4) is 0 Å². The summed E-state index contributed by atoms with van der Waals surface area (Å²) in [6.45, 7) is 2.65. The molecule has 1 aliphatic heterocycles. The van der Waals surface area contributed by atoms with Gasteiger partial charge in [-0.2, -0.15) is 4.31 Å². The van der Waals surface area contributed by atoms with E-state index in [0.29, 0.717) is 19.1 Å². The smallest absolute Gasteiger partial charge is 0.247 e. The van der Waals surface area contributed by atoms with Gasteiger partial charge >= 0.3 is 0 Å². The zero-order valence-electron chi connectivity index (χ0n) is 10.6. The van der Waals surface area contributed by atoms with E-state index in [2.05, 4.69) is 9.88 Å². The van der Waals surface area contributed by atoms with E-state index in [0.717, 1.165) is 13.1 Å². The molecule has 19 heavy (non-hydrogen) atoms. The van der Waals surface area contributed by atoms with Crippen molar-refractivity contribution in [3.8, 4) is 0 Å². The molecule has 0 spiro atoms. The van der Waals surface area contributed by atoms with Crippen LogP contribution in [0.4, 0.5) is 0 Å². The Bertz CT molecular complexity index is 593. The van der Waals surface area contributed by atoms with Crippen LogP contribution < -0.4 is 5.56 Å². The summed E-state index contributed by atoms with van der Waals surface area (Å²) in [6, 6.07) is 3.28. The van der Waals surface area contributed by atoms with E-state index >= 15 is 0 Å². The third-order valence-electron chi connectivity index (χ3n) is 3.73. The predicted molar refractivity (Wildman–Crippen MR) is 70.4 cm³/mol. The number of nitrogens with one attached hydrogen (secondary N) is 1. The Morgan fingerprint density at radius 1 is 1.11 bits per heavy atom. The van der Waals surface area contributed by atoms with Gasteiger partial charge in [0.25, 0.3) is 0 Å². The molecule has 1 aromatic heterocycles. The van der Waals surface area contributed by atoms with Gasteiger partial charge in [-0.25, -0.2) is 8.42 Å². The van der Waals surface area contributed by atoms with E-state index in [1.807, 2.05) is 0 Å². The molecule has 2 fully saturated rings. The first kappa shape index (κ1) is 12.8. The largest absolute Gasteiger partial charge is 0.328 e. The van der Waals surface area contributed by atoms with Gasteiger partial charge in [0.1, 0.15) is 0 Å². The van der Waals surface area contributed by atoms with Crippen LogP contribution in [0.25, 0.3) is 0 Å². The molecule has 1 saturated heterocycles. The minimum absolute atomic E-state index is 0.159. The molecule has 7 heteroatoms. The second kappa shape index (κ2) is 4.73. The van der Waals surface area contributed by atoms with Gasteiger partial charge in [0.15, 0.2) is 0 Å². The van der Waals surface area contributed by atoms with Crippen molar-refractivity contribution in [3.05, 3.63) is 28.7 Å². The number of H-pyrrole nitrogens is 1. The Labute approximate surface area is 112 Å². The fourth-order valence-electron chi connectivity index (χ4n) is 2.45. The zero-order chi connectivity index (χ0) is 13.5. The van der Waals surface area contributed by atoms with Gasteiger partial charge < -0.3 is 4.98 Å². The highest BCUT2D eigenvalue weighted by molar-refractivity contribution is 7.89. The van der Waals surface area contributed by atoms with Crippen LogP contribution >= 0.6 is 0 Å². The zero-order valence-corrected chi connectivity index (χ0v) is 11.4. The molecule has 1 aliphatic carbocycles. The summed E-state index contributed by atoms with van der Waals surface area (Å²) < 4.78 is 26.3. The molecular weight excluding hydrogens is 266 g/mol. The number of piperazine rings is 1. The van der Waals surface area contributed by atoms with E-state index < -0.39 is 10.0 Å². The second-order valence-corrected chi connectivity index (χ2v) is 7.00. The van der Waals surface area contributed by atoms with Gasteiger partial charge in [-0.1, -0.05) is 0 Å². The highest BCUT2D eigenvalue weighted by Crippen LogP contribution is 2.28. The Balaban J connectivity index is 1.74. The molecule has 0 bridgehead atoms. The number of aromatic amines is 1. The normalized spacial score (nSPS) is 22.5. The van der Waals surface area contributed by atoms with Crippen molar-refractivity contribution in [1.82, 2.24) is 14.2 Å². The first-order chi connectivity index (χ1) is 9.07. The molecule has 0 unspecified atom stereocenters. The summed E-state index contributed by atoms with van der Waals surface area (Å²) in [5, 5.41) is 0. The van der Waals surface area contributed by atoms with Crippen LogP contribution in [0.2, 0.25) is 0 Å². The second-order valence-electron chi connectivity index (χ2n) is 5.06. The number of rotatable bonds is 3. The minimum Gasteiger partial charge on any atom is -0.328 e. The number of pyridine rings is 1. The fourth-order valence-corrected chi connectivity index (χ4v) is 3.84. The molecule has 1 aromatic rings. The Morgan fingerprint density at radius 2 is 1.79 bits per heavy atom. The lowest BCUT2D eigenvalue weighted by molar-refractivity contribution is 0.180. The van der Waals surface area contributed by atoms with E-state index in [-0.39, 0.29) is 10.5 Å². The molecular formula is C12H17N3O3S. The van der Waals surface area contributed by atoms with Crippen LogP contribution in [0.15, 0.2) is 28.0 Å². The highest BCUT2D eigenvalue weighted by atomic mass is 32.2. The van der Waals surface area contributed by atoms with Crippen molar-refractivity contribution in [2.75, 3.05) is 26.2 Å². The number of hydrogen-bond acceptors (Lipinski definition) is 4. The van der Waals surface area contributed by atoms with Gasteiger partial charge in [0.2, 0.25) is 15.6 Å². The van der Waals surface area contributed by atoms with Crippen molar-refractivity contribution >= 4 is 10.0 Å². The molecule has 3 rings (SSSR count). The maximum atomic E-state index is 12.4. The summed E-state index contributed by atoms with van der Waals surface area (Å²) in [4.78, 5) is 15.9. The lowest BCUT2D eigenvalue weighted by Crippen LogP contribution is -2.49. The number of hydrogen-bond donors (Lipinski definition) is 1. The molecule has 1 saturated carbocycles. The summed E-state index contributed by atoms with van der Waals surface area (Å²) in [5.74, 6) is 0. The van der Waals surface area contributed by atoms with Crippen LogP contribution in [0.5, 0.6) is 0 Å². The lowest BCUT2D eigenvalue weighted by atomic mass is 10.3. The van der Waals surface area contributed by atoms with Crippen molar-refractivity contribution in [1.29, 1.82) is 0 Å². The van der Waals surface area contributed by atoms with Gasteiger partial charge in [0, 0.05) is 44.5 Å². The summed E-state index contributed by atoms with van der Waals surface area (Å²) in [7, 11) is -3.47. The van der Waals surface area contributed by atoms with Crippen molar-refractivity contribution < 1.29 is 8.42 Å².